The van der Waals surface area contributed by atoms with Gasteiger partial charge in [-0.25, -0.2) is 4.98 Å². The van der Waals surface area contributed by atoms with Gasteiger partial charge < -0.3 is 19.5 Å². The molecule has 0 spiro atoms. The van der Waals surface area contributed by atoms with Crippen molar-refractivity contribution in [3.05, 3.63) is 82.9 Å². The number of para-hydroxylation sites is 3. The number of fused-ring (bicyclic) bond motifs is 3. The molecule has 0 radical (unpaired) electrons. The fourth-order valence-electron chi connectivity index (χ4n) is 4.29. The lowest BCUT2D eigenvalue weighted by atomic mass is 9.99. The topological polar surface area (TPSA) is 57.5 Å². The Kier molecular flexibility index (Phi) is 5.60. The standard InChI is InChI=1S/C26H24ClN3O3/c1-4-33-23-13-12-16(14-18(23)27)20-15-22(17-8-7-11-24(31-2)25(17)32-3)30-21-10-6-5-9-19(21)28-26(30)29-20/h5-15,22H,4H2,1-3H3,(H,28,29)/t22-/m0/s1. The number of halogens is 1. The summed E-state index contributed by atoms with van der Waals surface area (Å²) < 4.78 is 19.1. The van der Waals surface area contributed by atoms with E-state index < -0.39 is 0 Å². The van der Waals surface area contributed by atoms with Crippen LogP contribution in [0.1, 0.15) is 24.1 Å². The van der Waals surface area contributed by atoms with Crippen molar-refractivity contribution in [2.24, 2.45) is 0 Å². The number of aromatic nitrogens is 2. The van der Waals surface area contributed by atoms with E-state index in [1.807, 2.05) is 55.5 Å². The minimum Gasteiger partial charge on any atom is -0.493 e. The molecule has 3 aromatic carbocycles. The van der Waals surface area contributed by atoms with Crippen LogP contribution in [0.2, 0.25) is 5.02 Å². The molecule has 1 N–H and O–H groups in total. The molecule has 2 heterocycles. The van der Waals surface area contributed by atoms with Crippen molar-refractivity contribution in [2.75, 3.05) is 26.1 Å². The molecule has 0 saturated heterocycles. The Balaban J connectivity index is 1.70. The predicted molar refractivity (Wildman–Crippen MR) is 132 cm³/mol. The van der Waals surface area contributed by atoms with Gasteiger partial charge in [-0.2, -0.15) is 0 Å². The summed E-state index contributed by atoms with van der Waals surface area (Å²) in [5.74, 6) is 2.78. The first kappa shape index (κ1) is 21.2. The van der Waals surface area contributed by atoms with Crippen LogP contribution in [0.15, 0.2) is 66.7 Å². The zero-order chi connectivity index (χ0) is 22.9. The summed E-state index contributed by atoms with van der Waals surface area (Å²) in [6.07, 6.45) is 2.16. The third-order valence-electron chi connectivity index (χ3n) is 5.74. The van der Waals surface area contributed by atoms with Gasteiger partial charge in [0.1, 0.15) is 5.75 Å². The van der Waals surface area contributed by atoms with E-state index in [0.29, 0.717) is 28.9 Å². The van der Waals surface area contributed by atoms with Gasteiger partial charge in [0, 0.05) is 11.3 Å². The van der Waals surface area contributed by atoms with Crippen molar-refractivity contribution in [1.29, 1.82) is 0 Å². The van der Waals surface area contributed by atoms with E-state index in [1.54, 1.807) is 14.2 Å². The number of anilines is 1. The van der Waals surface area contributed by atoms with Gasteiger partial charge >= 0.3 is 0 Å². The van der Waals surface area contributed by atoms with Crippen LogP contribution >= 0.6 is 11.6 Å². The van der Waals surface area contributed by atoms with E-state index in [0.717, 1.165) is 33.8 Å². The Hall–Kier alpha value is -3.64. The molecule has 1 aliphatic rings. The van der Waals surface area contributed by atoms with Crippen LogP contribution in [0.4, 0.5) is 5.95 Å². The molecular weight excluding hydrogens is 438 g/mol. The van der Waals surface area contributed by atoms with Crippen molar-refractivity contribution >= 4 is 34.3 Å². The normalized spacial score (nSPS) is 14.9. The highest BCUT2D eigenvalue weighted by Gasteiger charge is 2.28. The number of ether oxygens (including phenoxy) is 3. The quantitative estimate of drug-likeness (QED) is 0.372. The number of rotatable bonds is 6. The molecule has 1 atom stereocenters. The Morgan fingerprint density at radius 1 is 1.00 bits per heavy atom. The molecule has 7 heteroatoms. The third-order valence-corrected chi connectivity index (χ3v) is 6.04. The molecule has 1 aromatic heterocycles. The highest BCUT2D eigenvalue weighted by Crippen LogP contribution is 2.43. The number of hydrogen-bond donors (Lipinski definition) is 1. The molecule has 1 aliphatic heterocycles. The maximum Gasteiger partial charge on any atom is 0.209 e. The van der Waals surface area contributed by atoms with Crippen LogP contribution in [-0.4, -0.2) is 30.4 Å². The zero-order valence-electron chi connectivity index (χ0n) is 18.6. The van der Waals surface area contributed by atoms with E-state index in [9.17, 15) is 0 Å². The molecule has 0 bridgehead atoms. The lowest BCUT2D eigenvalue weighted by Gasteiger charge is -2.28. The van der Waals surface area contributed by atoms with Crippen LogP contribution in [-0.2, 0) is 0 Å². The van der Waals surface area contributed by atoms with Crippen LogP contribution in [0.3, 0.4) is 0 Å². The second-order valence-corrected chi connectivity index (χ2v) is 8.01. The smallest absolute Gasteiger partial charge is 0.209 e. The van der Waals surface area contributed by atoms with Gasteiger partial charge in [0.15, 0.2) is 11.5 Å². The first-order valence-electron chi connectivity index (χ1n) is 10.7. The Labute approximate surface area is 197 Å². The monoisotopic (exact) mass is 461 g/mol. The summed E-state index contributed by atoms with van der Waals surface area (Å²) in [6, 6.07) is 19.6. The minimum atomic E-state index is -0.181. The van der Waals surface area contributed by atoms with Crippen molar-refractivity contribution in [2.45, 2.75) is 13.0 Å². The van der Waals surface area contributed by atoms with Crippen molar-refractivity contribution in [3.8, 4) is 17.2 Å². The van der Waals surface area contributed by atoms with Crippen LogP contribution < -0.4 is 19.5 Å². The summed E-state index contributed by atoms with van der Waals surface area (Å²) in [5.41, 5.74) is 4.74. The summed E-state index contributed by atoms with van der Waals surface area (Å²) in [7, 11) is 3.30. The second-order valence-electron chi connectivity index (χ2n) is 7.61. The molecular formula is C26H24ClN3O3. The Morgan fingerprint density at radius 3 is 2.61 bits per heavy atom. The first-order valence-corrected chi connectivity index (χ1v) is 11.1. The fourth-order valence-corrected chi connectivity index (χ4v) is 4.53. The number of imidazole rings is 1. The zero-order valence-corrected chi connectivity index (χ0v) is 19.4. The summed E-state index contributed by atoms with van der Waals surface area (Å²) in [4.78, 5) is 4.85. The van der Waals surface area contributed by atoms with E-state index in [1.165, 1.54) is 0 Å². The Bertz CT molecular complexity index is 1360. The fraction of sp³-hybridized carbons (Fsp3) is 0.192. The summed E-state index contributed by atoms with van der Waals surface area (Å²) >= 11 is 6.50. The van der Waals surface area contributed by atoms with Crippen LogP contribution in [0.5, 0.6) is 17.2 Å². The molecule has 5 rings (SSSR count). The second kappa shape index (κ2) is 8.71. The average Bonchev–Trinajstić information content (AvgIpc) is 3.22. The number of hydrogen-bond acceptors (Lipinski definition) is 5. The molecule has 33 heavy (non-hydrogen) atoms. The van der Waals surface area contributed by atoms with Gasteiger partial charge in [0.2, 0.25) is 5.95 Å². The summed E-state index contributed by atoms with van der Waals surface area (Å²) in [5, 5.41) is 4.05. The van der Waals surface area contributed by atoms with E-state index in [-0.39, 0.29) is 6.04 Å². The van der Waals surface area contributed by atoms with E-state index in [4.69, 9.17) is 30.8 Å². The minimum absolute atomic E-state index is 0.181. The highest BCUT2D eigenvalue weighted by atomic mass is 35.5. The van der Waals surface area contributed by atoms with E-state index >= 15 is 0 Å². The predicted octanol–water partition coefficient (Wildman–Crippen LogP) is 6.16. The third kappa shape index (κ3) is 3.66. The molecule has 0 unspecified atom stereocenters. The maximum absolute atomic E-state index is 6.50. The molecule has 0 aliphatic carbocycles. The van der Waals surface area contributed by atoms with Crippen molar-refractivity contribution < 1.29 is 14.2 Å². The number of nitrogens with one attached hydrogen (secondary N) is 1. The number of methoxy groups -OCH3 is 2. The lowest BCUT2D eigenvalue weighted by Crippen LogP contribution is -2.19. The van der Waals surface area contributed by atoms with Crippen LogP contribution in [0.25, 0.3) is 16.7 Å². The van der Waals surface area contributed by atoms with Crippen LogP contribution in [0, 0.1) is 0 Å². The molecule has 0 saturated carbocycles. The molecule has 0 fully saturated rings. The summed E-state index contributed by atoms with van der Waals surface area (Å²) in [6.45, 7) is 2.49. The van der Waals surface area contributed by atoms with Gasteiger partial charge in [-0.1, -0.05) is 35.9 Å². The van der Waals surface area contributed by atoms with Gasteiger partial charge in [-0.05, 0) is 55.0 Å². The molecule has 168 valence electrons. The number of benzene rings is 3. The Morgan fingerprint density at radius 2 is 1.85 bits per heavy atom. The molecule has 0 amide bonds. The van der Waals surface area contributed by atoms with Gasteiger partial charge in [0.25, 0.3) is 0 Å². The SMILES string of the molecule is CCOc1ccc(C2=C[C@@H](c3cccc(OC)c3OC)n3c(nc4ccccc43)N2)cc1Cl. The first-order chi connectivity index (χ1) is 16.1. The molecule has 4 aromatic rings. The number of allylic oxidation sites excluding steroid dienone is 1. The van der Waals surface area contributed by atoms with E-state index in [2.05, 4.69) is 28.1 Å². The van der Waals surface area contributed by atoms with Gasteiger partial charge in [-0.3, -0.25) is 4.57 Å². The highest BCUT2D eigenvalue weighted by molar-refractivity contribution is 6.32. The maximum atomic E-state index is 6.50. The largest absolute Gasteiger partial charge is 0.493 e. The van der Waals surface area contributed by atoms with Crippen molar-refractivity contribution in [3.63, 3.8) is 0 Å². The molecule has 6 nitrogen and oxygen atoms in total. The average molecular weight is 462 g/mol. The van der Waals surface area contributed by atoms with Crippen molar-refractivity contribution in [1.82, 2.24) is 9.55 Å². The number of nitrogens with zero attached hydrogens (tertiary/aromatic N) is 2. The van der Waals surface area contributed by atoms with Gasteiger partial charge in [-0.15, -0.1) is 0 Å². The van der Waals surface area contributed by atoms with Gasteiger partial charge in [0.05, 0.1) is 42.9 Å². The lowest BCUT2D eigenvalue weighted by molar-refractivity contribution is 0.340.